The first-order chi connectivity index (χ1) is 6.02. The van der Waals surface area contributed by atoms with Crippen molar-refractivity contribution >= 4 is 21.6 Å². The van der Waals surface area contributed by atoms with Gasteiger partial charge in [-0.05, 0) is 13.3 Å². The second-order valence-electron chi connectivity index (χ2n) is 2.99. The van der Waals surface area contributed by atoms with Crippen LogP contribution in [0.25, 0.3) is 0 Å². The highest BCUT2D eigenvalue weighted by atomic mass is 35.5. The number of hydrogen-bond acceptors (Lipinski definition) is 2. The lowest BCUT2D eigenvalue weighted by molar-refractivity contribution is 0.576. The van der Waals surface area contributed by atoms with Crippen molar-refractivity contribution < 1.29 is 8.42 Å². The predicted octanol–water partition coefficient (Wildman–Crippen LogP) is 1.72. The van der Waals surface area contributed by atoms with Crippen LogP contribution in [0, 0.1) is 0 Å². The van der Waals surface area contributed by atoms with E-state index in [-0.39, 0.29) is 11.1 Å². The summed E-state index contributed by atoms with van der Waals surface area (Å²) in [6.45, 7) is 4.04. The van der Waals surface area contributed by atoms with Crippen molar-refractivity contribution in [3.63, 3.8) is 0 Å². The van der Waals surface area contributed by atoms with Crippen LogP contribution in [0.1, 0.15) is 33.1 Å². The molecule has 1 N–H and O–H groups in total. The summed E-state index contributed by atoms with van der Waals surface area (Å²) in [4.78, 5) is 0. The third-order valence-electron chi connectivity index (χ3n) is 1.78. The van der Waals surface area contributed by atoms with E-state index in [0.717, 1.165) is 19.3 Å². The minimum absolute atomic E-state index is 0.0822. The van der Waals surface area contributed by atoms with Crippen LogP contribution in [0.15, 0.2) is 0 Å². The first kappa shape index (κ1) is 13.2. The van der Waals surface area contributed by atoms with Crippen LogP contribution in [-0.2, 0) is 10.0 Å². The molecule has 0 radical (unpaired) electrons. The van der Waals surface area contributed by atoms with Crippen molar-refractivity contribution in [2.75, 3.05) is 12.3 Å². The molecule has 0 aromatic heterocycles. The summed E-state index contributed by atoms with van der Waals surface area (Å²) >= 11 is 5.90. The maximum atomic E-state index is 11.0. The summed E-state index contributed by atoms with van der Waals surface area (Å²) in [5.41, 5.74) is 0. The molecule has 0 heterocycles. The summed E-state index contributed by atoms with van der Waals surface area (Å²) < 4.78 is 24.5. The SMILES string of the molecule is CCCC[C@@H](Cl)CNS(=O)(=O)CC. The quantitative estimate of drug-likeness (QED) is 0.674. The molecule has 0 rings (SSSR count). The molecular formula is C8H18ClNO2S. The molecule has 80 valence electrons. The van der Waals surface area contributed by atoms with Gasteiger partial charge in [-0.2, -0.15) is 0 Å². The smallest absolute Gasteiger partial charge is 0.211 e. The van der Waals surface area contributed by atoms with E-state index in [0.29, 0.717) is 6.54 Å². The molecule has 0 aliphatic rings. The zero-order valence-electron chi connectivity index (χ0n) is 8.22. The zero-order chi connectivity index (χ0) is 10.3. The molecule has 0 bridgehead atoms. The van der Waals surface area contributed by atoms with Crippen LogP contribution in [0.4, 0.5) is 0 Å². The van der Waals surface area contributed by atoms with Crippen LogP contribution >= 0.6 is 11.6 Å². The third kappa shape index (κ3) is 7.28. The van der Waals surface area contributed by atoms with Gasteiger partial charge in [-0.25, -0.2) is 13.1 Å². The third-order valence-corrected chi connectivity index (χ3v) is 3.51. The first-order valence-corrected chi connectivity index (χ1v) is 6.72. The fourth-order valence-corrected chi connectivity index (χ4v) is 1.83. The molecule has 5 heteroatoms. The van der Waals surface area contributed by atoms with E-state index in [1.807, 2.05) is 0 Å². The fourth-order valence-electron chi connectivity index (χ4n) is 0.847. The van der Waals surface area contributed by atoms with Crippen molar-refractivity contribution in [1.29, 1.82) is 0 Å². The number of hydrogen-bond donors (Lipinski definition) is 1. The largest absolute Gasteiger partial charge is 0.214 e. The Balaban J connectivity index is 3.63. The number of unbranched alkanes of at least 4 members (excludes halogenated alkanes) is 1. The van der Waals surface area contributed by atoms with E-state index in [4.69, 9.17) is 11.6 Å². The van der Waals surface area contributed by atoms with E-state index < -0.39 is 10.0 Å². The van der Waals surface area contributed by atoms with Gasteiger partial charge in [0, 0.05) is 11.9 Å². The monoisotopic (exact) mass is 227 g/mol. The molecule has 1 atom stereocenters. The number of nitrogens with one attached hydrogen (secondary N) is 1. The fraction of sp³-hybridized carbons (Fsp3) is 1.00. The minimum Gasteiger partial charge on any atom is -0.214 e. The van der Waals surface area contributed by atoms with Crippen LogP contribution in [0.3, 0.4) is 0 Å². The van der Waals surface area contributed by atoms with E-state index >= 15 is 0 Å². The van der Waals surface area contributed by atoms with Gasteiger partial charge in [0.25, 0.3) is 0 Å². The summed E-state index contributed by atoms with van der Waals surface area (Å²) in [5.74, 6) is 0.115. The second-order valence-corrected chi connectivity index (χ2v) is 5.70. The molecule has 0 aromatic carbocycles. The van der Waals surface area contributed by atoms with Gasteiger partial charge in [0.15, 0.2) is 0 Å². The van der Waals surface area contributed by atoms with Crippen LogP contribution in [0.2, 0.25) is 0 Å². The molecule has 0 aromatic rings. The minimum atomic E-state index is -3.07. The van der Waals surface area contributed by atoms with Gasteiger partial charge >= 0.3 is 0 Å². The molecule has 0 spiro atoms. The molecule has 0 aliphatic carbocycles. The summed E-state index contributed by atoms with van der Waals surface area (Å²) in [6.07, 6.45) is 3.00. The Hall–Kier alpha value is 0.200. The number of halogens is 1. The number of alkyl halides is 1. The highest BCUT2D eigenvalue weighted by Crippen LogP contribution is 2.06. The summed E-state index contributed by atoms with van der Waals surface area (Å²) in [5, 5.41) is -0.0822. The van der Waals surface area contributed by atoms with Gasteiger partial charge in [-0.3, -0.25) is 0 Å². The van der Waals surface area contributed by atoms with Crippen molar-refractivity contribution in [3.05, 3.63) is 0 Å². The Labute approximate surface area is 85.9 Å². The van der Waals surface area contributed by atoms with Gasteiger partial charge in [-0.1, -0.05) is 19.8 Å². The molecule has 13 heavy (non-hydrogen) atoms. The molecule has 0 saturated carbocycles. The molecule has 3 nitrogen and oxygen atoms in total. The lowest BCUT2D eigenvalue weighted by Gasteiger charge is -2.09. The Morgan fingerprint density at radius 2 is 2.00 bits per heavy atom. The van der Waals surface area contributed by atoms with Crippen molar-refractivity contribution in [2.24, 2.45) is 0 Å². The molecule has 0 fully saturated rings. The van der Waals surface area contributed by atoms with Crippen LogP contribution in [-0.4, -0.2) is 26.1 Å². The van der Waals surface area contributed by atoms with Crippen molar-refractivity contribution in [3.8, 4) is 0 Å². The Morgan fingerprint density at radius 3 is 2.46 bits per heavy atom. The van der Waals surface area contributed by atoms with Crippen molar-refractivity contribution in [1.82, 2.24) is 4.72 Å². The standard InChI is InChI=1S/C8H18ClNO2S/c1-3-5-6-8(9)7-10-13(11,12)4-2/h8,10H,3-7H2,1-2H3/t8-/m1/s1. The van der Waals surface area contributed by atoms with E-state index in [1.165, 1.54) is 0 Å². The maximum absolute atomic E-state index is 11.0. The molecule has 0 saturated heterocycles. The predicted molar refractivity (Wildman–Crippen MR) is 56.6 cm³/mol. The Morgan fingerprint density at radius 1 is 1.38 bits per heavy atom. The number of sulfonamides is 1. The van der Waals surface area contributed by atoms with E-state index in [2.05, 4.69) is 11.6 Å². The maximum Gasteiger partial charge on any atom is 0.211 e. The van der Waals surface area contributed by atoms with Gasteiger partial charge < -0.3 is 0 Å². The highest BCUT2D eigenvalue weighted by molar-refractivity contribution is 7.89. The Bertz CT molecular complexity index is 216. The average Bonchev–Trinajstić information content (AvgIpc) is 2.11. The first-order valence-electron chi connectivity index (χ1n) is 4.63. The normalized spacial score (nSPS) is 14.4. The van der Waals surface area contributed by atoms with Crippen molar-refractivity contribution in [2.45, 2.75) is 38.5 Å². The second kappa shape index (κ2) is 6.62. The van der Waals surface area contributed by atoms with Gasteiger partial charge in [0.05, 0.1) is 5.75 Å². The van der Waals surface area contributed by atoms with E-state index in [9.17, 15) is 8.42 Å². The lowest BCUT2D eigenvalue weighted by Crippen LogP contribution is -2.30. The van der Waals surface area contributed by atoms with Gasteiger partial charge in [0.1, 0.15) is 0 Å². The van der Waals surface area contributed by atoms with Crippen LogP contribution < -0.4 is 4.72 Å². The number of rotatable bonds is 7. The van der Waals surface area contributed by atoms with Gasteiger partial charge in [0.2, 0.25) is 10.0 Å². The lowest BCUT2D eigenvalue weighted by atomic mass is 10.2. The summed E-state index contributed by atoms with van der Waals surface area (Å²) in [7, 11) is -3.07. The molecular weight excluding hydrogens is 210 g/mol. The topological polar surface area (TPSA) is 46.2 Å². The average molecular weight is 228 g/mol. The molecule has 0 aliphatic heterocycles. The van der Waals surface area contributed by atoms with Crippen LogP contribution in [0.5, 0.6) is 0 Å². The summed E-state index contributed by atoms with van der Waals surface area (Å²) in [6, 6.07) is 0. The van der Waals surface area contributed by atoms with Gasteiger partial charge in [-0.15, -0.1) is 11.6 Å². The zero-order valence-corrected chi connectivity index (χ0v) is 9.79. The van der Waals surface area contributed by atoms with E-state index in [1.54, 1.807) is 6.92 Å². The molecule has 0 unspecified atom stereocenters. The molecule has 0 amide bonds. The Kier molecular flexibility index (Phi) is 6.73. The highest BCUT2D eigenvalue weighted by Gasteiger charge is 2.09.